The van der Waals surface area contributed by atoms with Crippen molar-refractivity contribution in [3.63, 3.8) is 0 Å². The van der Waals surface area contributed by atoms with Gasteiger partial charge in [0.2, 0.25) is 0 Å². The average Bonchev–Trinajstić information content (AvgIpc) is 2.96. The van der Waals surface area contributed by atoms with Crippen LogP contribution in [-0.2, 0) is 12.0 Å². The number of H-pyrrole nitrogens is 1. The second-order valence-electron chi connectivity index (χ2n) is 5.35. The molecule has 1 fully saturated rings. The van der Waals surface area contributed by atoms with E-state index >= 15 is 0 Å². The molecule has 1 saturated heterocycles. The van der Waals surface area contributed by atoms with Gasteiger partial charge in [0.1, 0.15) is 0 Å². The Morgan fingerprint density at radius 3 is 3.00 bits per heavy atom. The van der Waals surface area contributed by atoms with Crippen molar-refractivity contribution in [3.05, 3.63) is 34.5 Å². The van der Waals surface area contributed by atoms with E-state index in [1.54, 1.807) is 0 Å². The summed E-state index contributed by atoms with van der Waals surface area (Å²) in [5.74, 6) is 0. The molecule has 18 heavy (non-hydrogen) atoms. The first-order chi connectivity index (χ1) is 8.78. The van der Waals surface area contributed by atoms with Gasteiger partial charge in [0.15, 0.2) is 0 Å². The fourth-order valence-electron chi connectivity index (χ4n) is 3.46. The Morgan fingerprint density at radius 1 is 1.22 bits per heavy atom. The normalized spacial score (nSPS) is 26.9. The maximum absolute atomic E-state index is 6.13. The fourth-order valence-corrected chi connectivity index (χ4v) is 3.63. The highest BCUT2D eigenvalue weighted by Gasteiger charge is 2.40. The summed E-state index contributed by atoms with van der Waals surface area (Å²) in [6.45, 7) is 3.15. The molecule has 1 aromatic heterocycles. The topological polar surface area (TPSA) is 39.9 Å². The van der Waals surface area contributed by atoms with Gasteiger partial charge in [-0.1, -0.05) is 11.6 Å². The molecule has 0 radical (unpaired) electrons. The van der Waals surface area contributed by atoms with Gasteiger partial charge in [0, 0.05) is 34.7 Å². The standard InChI is InChI=1S/C14H16ClN3/c15-9-1-2-12-11(7-9)10-3-5-17-14(13(10)18-12)4-6-16-8-14/h1-2,7,16-18H,3-6,8H2. The van der Waals surface area contributed by atoms with E-state index in [9.17, 15) is 0 Å². The van der Waals surface area contributed by atoms with E-state index in [2.05, 4.69) is 27.8 Å². The van der Waals surface area contributed by atoms with Crippen LogP contribution in [0.3, 0.4) is 0 Å². The van der Waals surface area contributed by atoms with Crippen molar-refractivity contribution < 1.29 is 0 Å². The molecule has 4 heteroatoms. The molecule has 94 valence electrons. The average molecular weight is 262 g/mol. The Labute approximate surface area is 111 Å². The van der Waals surface area contributed by atoms with E-state index in [0.717, 1.165) is 37.5 Å². The predicted octanol–water partition coefficient (Wildman–Crippen LogP) is 2.16. The first kappa shape index (κ1) is 10.9. The lowest BCUT2D eigenvalue weighted by Gasteiger charge is -2.34. The van der Waals surface area contributed by atoms with Crippen LogP contribution in [0.4, 0.5) is 0 Å². The Balaban J connectivity index is 1.98. The maximum Gasteiger partial charge on any atom is 0.0727 e. The number of hydrogen-bond acceptors (Lipinski definition) is 2. The highest BCUT2D eigenvalue weighted by atomic mass is 35.5. The Bertz CT molecular complexity index is 611. The van der Waals surface area contributed by atoms with E-state index in [1.807, 2.05) is 6.07 Å². The van der Waals surface area contributed by atoms with Crippen LogP contribution >= 0.6 is 11.6 Å². The molecule has 3 N–H and O–H groups in total. The summed E-state index contributed by atoms with van der Waals surface area (Å²) in [4.78, 5) is 3.61. The number of benzene rings is 1. The second-order valence-corrected chi connectivity index (χ2v) is 5.79. The number of fused-ring (bicyclic) bond motifs is 4. The molecule has 0 bridgehead atoms. The summed E-state index contributed by atoms with van der Waals surface area (Å²) >= 11 is 6.13. The van der Waals surface area contributed by atoms with Crippen LogP contribution in [0, 0.1) is 0 Å². The van der Waals surface area contributed by atoms with Gasteiger partial charge in [-0.3, -0.25) is 0 Å². The fraction of sp³-hybridized carbons (Fsp3) is 0.429. The van der Waals surface area contributed by atoms with E-state index < -0.39 is 0 Å². The van der Waals surface area contributed by atoms with Crippen LogP contribution in [0.15, 0.2) is 18.2 Å². The highest BCUT2D eigenvalue weighted by Crippen LogP contribution is 2.37. The third kappa shape index (κ3) is 1.38. The molecule has 0 saturated carbocycles. The van der Waals surface area contributed by atoms with Crippen LogP contribution in [0.1, 0.15) is 17.7 Å². The zero-order valence-electron chi connectivity index (χ0n) is 10.1. The van der Waals surface area contributed by atoms with Crippen molar-refractivity contribution in [1.29, 1.82) is 0 Å². The highest BCUT2D eigenvalue weighted by molar-refractivity contribution is 6.31. The van der Waals surface area contributed by atoms with Crippen LogP contribution in [-0.4, -0.2) is 24.6 Å². The molecular weight excluding hydrogens is 246 g/mol. The number of hydrogen-bond donors (Lipinski definition) is 3. The van der Waals surface area contributed by atoms with Crippen molar-refractivity contribution in [2.45, 2.75) is 18.4 Å². The first-order valence-electron chi connectivity index (χ1n) is 6.55. The van der Waals surface area contributed by atoms with Gasteiger partial charge in [-0.05, 0) is 43.1 Å². The van der Waals surface area contributed by atoms with Gasteiger partial charge < -0.3 is 15.6 Å². The predicted molar refractivity (Wildman–Crippen MR) is 74.2 cm³/mol. The molecular formula is C14H16ClN3. The number of halogens is 1. The molecule has 3 heterocycles. The first-order valence-corrected chi connectivity index (χ1v) is 6.93. The lowest BCUT2D eigenvalue weighted by molar-refractivity contribution is 0.339. The summed E-state index contributed by atoms with van der Waals surface area (Å²) in [7, 11) is 0. The minimum Gasteiger partial charge on any atom is -0.357 e. The van der Waals surface area contributed by atoms with Gasteiger partial charge in [-0.25, -0.2) is 0 Å². The molecule has 0 aliphatic carbocycles. The molecule has 2 aliphatic rings. The SMILES string of the molecule is Clc1ccc2[nH]c3c(c2c1)CCNC31CCNC1. The van der Waals surface area contributed by atoms with Crippen LogP contribution in [0.2, 0.25) is 5.02 Å². The van der Waals surface area contributed by atoms with Gasteiger partial charge in [0.05, 0.1) is 5.54 Å². The molecule has 3 nitrogen and oxygen atoms in total. The number of aromatic nitrogens is 1. The molecule has 0 amide bonds. The van der Waals surface area contributed by atoms with Crippen molar-refractivity contribution in [2.75, 3.05) is 19.6 Å². The minimum atomic E-state index is 0.110. The molecule has 1 aromatic carbocycles. The lowest BCUT2D eigenvalue weighted by atomic mass is 9.86. The van der Waals surface area contributed by atoms with Gasteiger partial charge in [-0.15, -0.1) is 0 Å². The second kappa shape index (κ2) is 3.73. The van der Waals surface area contributed by atoms with Crippen LogP contribution < -0.4 is 10.6 Å². The number of aromatic amines is 1. The Kier molecular flexibility index (Phi) is 2.25. The van der Waals surface area contributed by atoms with Crippen LogP contribution in [0.5, 0.6) is 0 Å². The zero-order chi connectivity index (χ0) is 12.2. The van der Waals surface area contributed by atoms with Crippen molar-refractivity contribution >= 4 is 22.5 Å². The van der Waals surface area contributed by atoms with Crippen molar-refractivity contribution in [2.24, 2.45) is 0 Å². The summed E-state index contributed by atoms with van der Waals surface area (Å²) in [5, 5.41) is 9.29. The third-order valence-corrected chi connectivity index (χ3v) is 4.58. The molecule has 2 aliphatic heterocycles. The summed E-state index contributed by atoms with van der Waals surface area (Å²) in [6.07, 6.45) is 2.23. The minimum absolute atomic E-state index is 0.110. The molecule has 4 rings (SSSR count). The third-order valence-electron chi connectivity index (χ3n) is 4.34. The van der Waals surface area contributed by atoms with E-state index in [-0.39, 0.29) is 5.54 Å². The van der Waals surface area contributed by atoms with E-state index in [4.69, 9.17) is 11.6 Å². The molecule has 1 atom stereocenters. The quantitative estimate of drug-likeness (QED) is 0.680. The smallest absolute Gasteiger partial charge is 0.0727 e. The number of rotatable bonds is 0. The lowest BCUT2D eigenvalue weighted by Crippen LogP contribution is -2.48. The van der Waals surface area contributed by atoms with Crippen molar-refractivity contribution in [1.82, 2.24) is 15.6 Å². The monoisotopic (exact) mass is 261 g/mol. The van der Waals surface area contributed by atoms with Gasteiger partial charge in [-0.2, -0.15) is 0 Å². The molecule has 1 spiro atoms. The number of nitrogens with one attached hydrogen (secondary N) is 3. The summed E-state index contributed by atoms with van der Waals surface area (Å²) in [6, 6.07) is 6.14. The molecule has 2 aromatic rings. The maximum atomic E-state index is 6.13. The Morgan fingerprint density at radius 2 is 2.17 bits per heavy atom. The summed E-state index contributed by atoms with van der Waals surface area (Å²) < 4.78 is 0. The van der Waals surface area contributed by atoms with E-state index in [0.29, 0.717) is 0 Å². The van der Waals surface area contributed by atoms with Crippen LogP contribution in [0.25, 0.3) is 10.9 Å². The van der Waals surface area contributed by atoms with E-state index in [1.165, 1.54) is 22.2 Å². The Hall–Kier alpha value is -1.03. The zero-order valence-corrected chi connectivity index (χ0v) is 10.9. The molecule has 1 unspecified atom stereocenters. The van der Waals surface area contributed by atoms with Gasteiger partial charge in [0.25, 0.3) is 0 Å². The summed E-state index contributed by atoms with van der Waals surface area (Å²) in [5.41, 5.74) is 4.14. The largest absolute Gasteiger partial charge is 0.357 e. The van der Waals surface area contributed by atoms with Crippen molar-refractivity contribution in [3.8, 4) is 0 Å². The van der Waals surface area contributed by atoms with Gasteiger partial charge >= 0.3 is 0 Å².